The summed E-state index contributed by atoms with van der Waals surface area (Å²) >= 11 is 0.160. The third-order valence-corrected chi connectivity index (χ3v) is 4.31. The van der Waals surface area contributed by atoms with Crippen LogP contribution in [0.1, 0.15) is 15.9 Å². The fourth-order valence-electron chi connectivity index (χ4n) is 2.40. The molecule has 0 atom stereocenters. The number of nitrogens with zero attached hydrogens (tertiary/aromatic N) is 1. The van der Waals surface area contributed by atoms with Crippen molar-refractivity contribution in [1.29, 1.82) is 0 Å². The maximum atomic E-state index is 12.6. The lowest BCUT2D eigenvalue weighted by Gasteiger charge is -2.10. The van der Waals surface area contributed by atoms with Gasteiger partial charge in [-0.25, -0.2) is 14.6 Å². The Hall–Kier alpha value is -2.94. The SMILES string of the molecule is COc1ccc2c(COC(=O)c3cccnc3SC(F)F)cc(=O)oc2c1. The molecule has 0 saturated heterocycles. The van der Waals surface area contributed by atoms with Crippen molar-refractivity contribution >= 4 is 28.7 Å². The third kappa shape index (κ3) is 4.43. The molecule has 0 aliphatic heterocycles. The molecule has 0 radical (unpaired) electrons. The number of carbonyl (C=O) groups is 1. The second-order valence-corrected chi connectivity index (χ2v) is 6.24. The van der Waals surface area contributed by atoms with E-state index < -0.39 is 17.4 Å². The Morgan fingerprint density at radius 3 is 2.85 bits per heavy atom. The molecule has 0 unspecified atom stereocenters. The van der Waals surface area contributed by atoms with Gasteiger partial charge in [0.15, 0.2) is 0 Å². The fraction of sp³-hybridized carbons (Fsp3) is 0.167. The summed E-state index contributed by atoms with van der Waals surface area (Å²) in [6.07, 6.45) is 1.31. The molecule has 0 N–H and O–H groups in total. The average molecular weight is 393 g/mol. The van der Waals surface area contributed by atoms with Crippen LogP contribution in [0, 0.1) is 0 Å². The fourth-order valence-corrected chi connectivity index (χ4v) is 2.97. The molecule has 0 spiro atoms. The Morgan fingerprint density at radius 2 is 2.11 bits per heavy atom. The number of aromatic nitrogens is 1. The first kappa shape index (κ1) is 18.8. The van der Waals surface area contributed by atoms with Crippen LogP contribution in [0.3, 0.4) is 0 Å². The monoisotopic (exact) mass is 393 g/mol. The molecule has 0 saturated carbocycles. The Balaban J connectivity index is 1.85. The summed E-state index contributed by atoms with van der Waals surface area (Å²) in [4.78, 5) is 27.8. The molecule has 2 heterocycles. The Morgan fingerprint density at radius 1 is 1.30 bits per heavy atom. The van der Waals surface area contributed by atoms with Crippen molar-refractivity contribution in [3.8, 4) is 5.75 Å². The topological polar surface area (TPSA) is 78.6 Å². The summed E-state index contributed by atoms with van der Waals surface area (Å²) in [7, 11) is 1.48. The van der Waals surface area contributed by atoms with Crippen molar-refractivity contribution in [2.45, 2.75) is 17.4 Å². The normalized spacial score (nSPS) is 11.0. The van der Waals surface area contributed by atoms with Crippen LogP contribution in [0.25, 0.3) is 11.0 Å². The van der Waals surface area contributed by atoms with Gasteiger partial charge >= 0.3 is 11.6 Å². The van der Waals surface area contributed by atoms with E-state index in [0.717, 1.165) is 0 Å². The van der Waals surface area contributed by atoms with Crippen molar-refractivity contribution in [2.24, 2.45) is 0 Å². The van der Waals surface area contributed by atoms with E-state index >= 15 is 0 Å². The predicted octanol–water partition coefficient (Wildman–Crippen LogP) is 3.87. The zero-order chi connectivity index (χ0) is 19.4. The van der Waals surface area contributed by atoms with Crippen LogP contribution >= 0.6 is 11.8 Å². The van der Waals surface area contributed by atoms with E-state index in [1.54, 1.807) is 18.2 Å². The summed E-state index contributed by atoms with van der Waals surface area (Å²) in [5.74, 6) is -3.03. The van der Waals surface area contributed by atoms with Gasteiger partial charge in [0, 0.05) is 29.3 Å². The summed E-state index contributed by atoms with van der Waals surface area (Å²) in [5.41, 5.74) is 0.0151. The lowest BCUT2D eigenvalue weighted by molar-refractivity contribution is 0.0468. The number of pyridine rings is 1. The van der Waals surface area contributed by atoms with Gasteiger partial charge < -0.3 is 13.9 Å². The highest BCUT2D eigenvalue weighted by molar-refractivity contribution is 7.99. The quantitative estimate of drug-likeness (QED) is 0.357. The highest BCUT2D eigenvalue weighted by Crippen LogP contribution is 2.27. The number of ether oxygens (including phenoxy) is 2. The first-order valence-electron chi connectivity index (χ1n) is 7.65. The van der Waals surface area contributed by atoms with Crippen molar-refractivity contribution in [3.05, 3.63) is 64.1 Å². The number of esters is 1. The Kier molecular flexibility index (Phi) is 5.70. The summed E-state index contributed by atoms with van der Waals surface area (Å²) in [5, 5.41) is 0.441. The van der Waals surface area contributed by atoms with Gasteiger partial charge in [-0.1, -0.05) is 0 Å². The number of thioether (sulfide) groups is 1. The molecule has 0 aliphatic rings. The standard InChI is InChI=1S/C18H13F2NO5S/c1-24-11-4-5-12-10(7-15(22)26-14(12)8-11)9-25-17(23)13-3-2-6-21-16(13)27-18(19)20/h2-8,18H,9H2,1H3. The van der Waals surface area contributed by atoms with Crippen LogP contribution in [-0.4, -0.2) is 23.8 Å². The first-order chi connectivity index (χ1) is 13.0. The van der Waals surface area contributed by atoms with Gasteiger partial charge in [-0.2, -0.15) is 8.78 Å². The van der Waals surface area contributed by atoms with E-state index in [1.165, 1.54) is 31.5 Å². The minimum absolute atomic E-state index is 0.0725. The second kappa shape index (κ2) is 8.17. The average Bonchev–Trinajstić information content (AvgIpc) is 2.65. The minimum atomic E-state index is -2.72. The molecule has 1 aromatic carbocycles. The van der Waals surface area contributed by atoms with Crippen molar-refractivity contribution in [2.75, 3.05) is 7.11 Å². The number of fused-ring (bicyclic) bond motifs is 1. The van der Waals surface area contributed by atoms with E-state index in [1.807, 2.05) is 0 Å². The highest BCUT2D eigenvalue weighted by atomic mass is 32.2. The molecule has 9 heteroatoms. The van der Waals surface area contributed by atoms with Crippen LogP contribution in [-0.2, 0) is 11.3 Å². The van der Waals surface area contributed by atoms with Gasteiger partial charge in [0.1, 0.15) is 23.0 Å². The molecular weight excluding hydrogens is 380 g/mol. The number of hydrogen-bond acceptors (Lipinski definition) is 7. The van der Waals surface area contributed by atoms with Gasteiger partial charge in [0.25, 0.3) is 5.76 Å². The van der Waals surface area contributed by atoms with Gasteiger partial charge in [0.05, 0.1) is 12.7 Å². The lowest BCUT2D eigenvalue weighted by atomic mass is 10.1. The molecule has 0 amide bonds. The van der Waals surface area contributed by atoms with Crippen molar-refractivity contribution in [3.63, 3.8) is 0 Å². The minimum Gasteiger partial charge on any atom is -0.497 e. The number of methoxy groups -OCH3 is 1. The molecular formula is C18H13F2NO5S. The van der Waals surface area contributed by atoms with Gasteiger partial charge in [-0.05, 0) is 36.0 Å². The van der Waals surface area contributed by atoms with E-state index in [2.05, 4.69) is 4.98 Å². The largest absolute Gasteiger partial charge is 0.497 e. The molecule has 0 bridgehead atoms. The number of benzene rings is 1. The Bertz CT molecular complexity index is 1040. The van der Waals surface area contributed by atoms with E-state index in [4.69, 9.17) is 13.9 Å². The van der Waals surface area contributed by atoms with Crippen LogP contribution in [0.15, 0.2) is 56.8 Å². The first-order valence-corrected chi connectivity index (χ1v) is 8.53. The molecule has 27 heavy (non-hydrogen) atoms. The van der Waals surface area contributed by atoms with Crippen LogP contribution in [0.5, 0.6) is 5.75 Å². The molecule has 3 rings (SSSR count). The number of alkyl halides is 2. The second-order valence-electron chi connectivity index (χ2n) is 5.26. The van der Waals surface area contributed by atoms with Crippen LogP contribution in [0.2, 0.25) is 0 Å². The number of rotatable bonds is 6. The molecule has 0 aliphatic carbocycles. The zero-order valence-corrected chi connectivity index (χ0v) is 14.8. The van der Waals surface area contributed by atoms with Crippen molar-refractivity contribution < 1.29 is 27.5 Å². The summed E-state index contributed by atoms with van der Waals surface area (Å²) in [6, 6.07) is 8.89. The third-order valence-electron chi connectivity index (χ3n) is 3.59. The number of hydrogen-bond donors (Lipinski definition) is 0. The summed E-state index contributed by atoms with van der Waals surface area (Å²) < 4.78 is 40.6. The maximum absolute atomic E-state index is 12.6. The van der Waals surface area contributed by atoms with Crippen LogP contribution < -0.4 is 10.4 Å². The number of halogens is 2. The van der Waals surface area contributed by atoms with Gasteiger partial charge in [-0.3, -0.25) is 0 Å². The van der Waals surface area contributed by atoms with Crippen molar-refractivity contribution in [1.82, 2.24) is 4.98 Å². The molecule has 3 aromatic rings. The molecule has 6 nitrogen and oxygen atoms in total. The maximum Gasteiger partial charge on any atom is 0.341 e. The van der Waals surface area contributed by atoms with Gasteiger partial charge in [-0.15, -0.1) is 0 Å². The van der Waals surface area contributed by atoms with Gasteiger partial charge in [0.2, 0.25) is 0 Å². The van der Waals surface area contributed by atoms with E-state index in [0.29, 0.717) is 16.7 Å². The smallest absolute Gasteiger partial charge is 0.341 e. The zero-order valence-electron chi connectivity index (χ0n) is 14.0. The van der Waals surface area contributed by atoms with E-state index in [-0.39, 0.29) is 34.5 Å². The molecule has 140 valence electrons. The summed E-state index contributed by atoms with van der Waals surface area (Å²) in [6.45, 7) is -0.235. The lowest BCUT2D eigenvalue weighted by Crippen LogP contribution is -2.10. The molecule has 2 aromatic heterocycles. The number of carbonyl (C=O) groups excluding carboxylic acids is 1. The van der Waals surface area contributed by atoms with E-state index in [9.17, 15) is 18.4 Å². The Labute approximate surface area is 156 Å². The highest BCUT2D eigenvalue weighted by Gasteiger charge is 2.18. The van der Waals surface area contributed by atoms with Crippen LogP contribution in [0.4, 0.5) is 8.78 Å². The predicted molar refractivity (Wildman–Crippen MR) is 94.3 cm³/mol. The molecule has 0 fully saturated rings.